The molecule has 5 heteroatoms. The molecule has 4 rings (SSSR count). The summed E-state index contributed by atoms with van der Waals surface area (Å²) >= 11 is 0. The normalized spacial score (nSPS) is 12.4. The Hall–Kier alpha value is -3.93. The van der Waals surface area contributed by atoms with Crippen LogP contribution in [0.1, 0.15) is 35.6 Å². The molecule has 4 aromatic rings. The van der Waals surface area contributed by atoms with E-state index in [4.69, 9.17) is 14.2 Å². The van der Waals surface area contributed by atoms with Crippen LogP contribution < -0.4 is 10.1 Å². The van der Waals surface area contributed by atoms with Crippen molar-refractivity contribution in [2.24, 2.45) is 0 Å². The van der Waals surface area contributed by atoms with Gasteiger partial charge in [-0.3, -0.25) is 4.79 Å². The second-order valence-corrected chi connectivity index (χ2v) is 10.0. The first-order chi connectivity index (χ1) is 19.6. The number of rotatable bonds is 16. The molecule has 0 saturated carbocycles. The zero-order chi connectivity index (χ0) is 27.8. The minimum Gasteiger partial charge on any atom is -0.489 e. The maximum Gasteiger partial charge on any atom is 0.220 e. The number of hydrogen-bond donors (Lipinski definition) is 1. The zero-order valence-electron chi connectivity index (χ0n) is 23.2. The second-order valence-electron chi connectivity index (χ2n) is 10.0. The Balaban J connectivity index is 1.28. The third-order valence-corrected chi connectivity index (χ3v) is 6.55. The minimum atomic E-state index is -0.152. The van der Waals surface area contributed by atoms with E-state index in [2.05, 4.69) is 17.4 Å². The van der Waals surface area contributed by atoms with Crippen LogP contribution in [0.5, 0.6) is 5.75 Å². The average molecular weight is 538 g/mol. The molecule has 0 aliphatic heterocycles. The van der Waals surface area contributed by atoms with E-state index in [0.29, 0.717) is 45.7 Å². The van der Waals surface area contributed by atoms with E-state index in [9.17, 15) is 4.79 Å². The highest BCUT2D eigenvalue weighted by Crippen LogP contribution is 2.16. The Morgan fingerprint density at radius 2 is 1.25 bits per heavy atom. The topological polar surface area (TPSA) is 56.8 Å². The van der Waals surface area contributed by atoms with E-state index in [1.807, 2.05) is 110 Å². The number of carbonyl (C=O) groups excluding carboxylic acids is 1. The summed E-state index contributed by atoms with van der Waals surface area (Å²) in [4.78, 5) is 12.8. The van der Waals surface area contributed by atoms with Gasteiger partial charge in [-0.1, -0.05) is 103 Å². The largest absolute Gasteiger partial charge is 0.489 e. The van der Waals surface area contributed by atoms with Crippen molar-refractivity contribution in [1.82, 2.24) is 5.32 Å². The van der Waals surface area contributed by atoms with Gasteiger partial charge in [0.1, 0.15) is 12.4 Å². The smallest absolute Gasteiger partial charge is 0.220 e. The first kappa shape index (κ1) is 29.1. The van der Waals surface area contributed by atoms with Crippen LogP contribution in [-0.2, 0) is 40.3 Å². The monoisotopic (exact) mass is 537 g/mol. The SMILES string of the molecule is C[C@@H](COC[C@H](Cc1ccc(OCc2ccccc2)cc1)NC(=O)CCc1ccccc1)OCc1ccccc1. The Bertz CT molecular complexity index is 1250. The van der Waals surface area contributed by atoms with Gasteiger partial charge in [-0.2, -0.15) is 0 Å². The Morgan fingerprint density at radius 3 is 1.88 bits per heavy atom. The molecule has 5 nitrogen and oxygen atoms in total. The van der Waals surface area contributed by atoms with Gasteiger partial charge in [-0.05, 0) is 54.2 Å². The predicted octanol–water partition coefficient (Wildman–Crippen LogP) is 6.55. The Morgan fingerprint density at radius 1 is 0.675 bits per heavy atom. The number of nitrogens with one attached hydrogen (secondary N) is 1. The summed E-state index contributed by atoms with van der Waals surface area (Å²) in [6.07, 6.45) is 1.74. The molecular weight excluding hydrogens is 498 g/mol. The summed E-state index contributed by atoms with van der Waals surface area (Å²) in [5.41, 5.74) is 4.52. The highest BCUT2D eigenvalue weighted by Gasteiger charge is 2.15. The fraction of sp³-hybridized carbons (Fsp3) is 0.286. The molecule has 0 heterocycles. The van der Waals surface area contributed by atoms with Crippen molar-refractivity contribution in [2.45, 2.75) is 51.5 Å². The van der Waals surface area contributed by atoms with Gasteiger partial charge in [0.15, 0.2) is 0 Å². The molecule has 0 aliphatic carbocycles. The summed E-state index contributed by atoms with van der Waals surface area (Å²) in [5, 5.41) is 3.19. The van der Waals surface area contributed by atoms with Crippen LogP contribution in [0.3, 0.4) is 0 Å². The quantitative estimate of drug-likeness (QED) is 0.176. The minimum absolute atomic E-state index is 0.0219. The maximum atomic E-state index is 12.8. The Kier molecular flexibility index (Phi) is 11.8. The summed E-state index contributed by atoms with van der Waals surface area (Å²) < 4.78 is 17.9. The molecule has 0 bridgehead atoms. The van der Waals surface area contributed by atoms with E-state index in [1.54, 1.807) is 0 Å². The van der Waals surface area contributed by atoms with Crippen LogP contribution in [-0.4, -0.2) is 31.3 Å². The zero-order valence-corrected chi connectivity index (χ0v) is 23.2. The van der Waals surface area contributed by atoms with Crippen LogP contribution >= 0.6 is 0 Å². The number of amides is 1. The van der Waals surface area contributed by atoms with Crippen molar-refractivity contribution in [2.75, 3.05) is 13.2 Å². The van der Waals surface area contributed by atoms with Gasteiger partial charge in [0.05, 0.1) is 32.0 Å². The first-order valence-electron chi connectivity index (χ1n) is 14.0. The molecule has 1 N–H and O–H groups in total. The van der Waals surface area contributed by atoms with Crippen LogP contribution in [0.15, 0.2) is 115 Å². The van der Waals surface area contributed by atoms with Crippen molar-refractivity contribution in [3.8, 4) is 5.75 Å². The molecule has 0 saturated heterocycles. The number of aryl methyl sites for hydroxylation is 1. The molecule has 4 aromatic carbocycles. The number of benzene rings is 4. The highest BCUT2D eigenvalue weighted by atomic mass is 16.5. The molecule has 0 unspecified atom stereocenters. The molecule has 0 fully saturated rings. The van der Waals surface area contributed by atoms with Crippen molar-refractivity contribution in [3.63, 3.8) is 0 Å². The third kappa shape index (κ3) is 10.7. The molecule has 0 radical (unpaired) electrons. The molecular formula is C35H39NO4. The predicted molar refractivity (Wildman–Crippen MR) is 159 cm³/mol. The highest BCUT2D eigenvalue weighted by molar-refractivity contribution is 5.76. The summed E-state index contributed by atoms with van der Waals surface area (Å²) in [6, 6.07) is 38.2. The van der Waals surface area contributed by atoms with E-state index in [-0.39, 0.29) is 18.1 Å². The maximum absolute atomic E-state index is 12.8. The molecule has 0 aliphatic rings. The third-order valence-electron chi connectivity index (χ3n) is 6.55. The lowest BCUT2D eigenvalue weighted by molar-refractivity contribution is -0.122. The summed E-state index contributed by atoms with van der Waals surface area (Å²) in [6.45, 7) is 3.94. The van der Waals surface area contributed by atoms with E-state index in [1.165, 1.54) is 0 Å². The van der Waals surface area contributed by atoms with E-state index >= 15 is 0 Å². The molecule has 40 heavy (non-hydrogen) atoms. The first-order valence-corrected chi connectivity index (χ1v) is 14.0. The molecule has 2 atom stereocenters. The van der Waals surface area contributed by atoms with Gasteiger partial charge >= 0.3 is 0 Å². The van der Waals surface area contributed by atoms with Crippen LogP contribution in [0.2, 0.25) is 0 Å². The van der Waals surface area contributed by atoms with E-state index < -0.39 is 0 Å². The number of hydrogen-bond acceptors (Lipinski definition) is 4. The lowest BCUT2D eigenvalue weighted by Gasteiger charge is -2.21. The van der Waals surface area contributed by atoms with Crippen molar-refractivity contribution in [1.29, 1.82) is 0 Å². The molecule has 0 spiro atoms. The van der Waals surface area contributed by atoms with Gasteiger partial charge < -0.3 is 19.5 Å². The molecule has 208 valence electrons. The van der Waals surface area contributed by atoms with Crippen LogP contribution in [0.25, 0.3) is 0 Å². The standard InChI is InChI=1S/C35H39NO4/c1-28(39-25-31-13-7-3-8-14-31)24-38-27-33(36-35(37)22-19-29-11-5-2-6-12-29)23-30-17-20-34(21-18-30)40-26-32-15-9-4-10-16-32/h2-18,20-21,28,33H,19,22-27H2,1H3,(H,36,37)/t28-,33-/m0/s1. The van der Waals surface area contributed by atoms with Gasteiger partial charge in [0.2, 0.25) is 5.91 Å². The fourth-order valence-corrected chi connectivity index (χ4v) is 4.34. The van der Waals surface area contributed by atoms with Gasteiger partial charge in [-0.25, -0.2) is 0 Å². The van der Waals surface area contributed by atoms with Crippen molar-refractivity contribution >= 4 is 5.91 Å². The van der Waals surface area contributed by atoms with Gasteiger partial charge in [-0.15, -0.1) is 0 Å². The number of carbonyl (C=O) groups is 1. The Labute approximate surface area is 238 Å². The van der Waals surface area contributed by atoms with E-state index in [0.717, 1.165) is 28.0 Å². The average Bonchev–Trinajstić information content (AvgIpc) is 3.00. The van der Waals surface area contributed by atoms with Crippen molar-refractivity contribution in [3.05, 3.63) is 138 Å². The lowest BCUT2D eigenvalue weighted by atomic mass is 10.1. The number of ether oxygens (including phenoxy) is 3. The second kappa shape index (κ2) is 16.2. The fourth-order valence-electron chi connectivity index (χ4n) is 4.34. The van der Waals surface area contributed by atoms with Crippen LogP contribution in [0.4, 0.5) is 0 Å². The lowest BCUT2D eigenvalue weighted by Crippen LogP contribution is -2.40. The summed E-state index contributed by atoms with van der Waals surface area (Å²) in [5.74, 6) is 0.838. The summed E-state index contributed by atoms with van der Waals surface area (Å²) in [7, 11) is 0. The van der Waals surface area contributed by atoms with Gasteiger partial charge in [0, 0.05) is 6.42 Å². The van der Waals surface area contributed by atoms with Crippen LogP contribution in [0, 0.1) is 0 Å². The molecule has 1 amide bonds. The van der Waals surface area contributed by atoms with Crippen molar-refractivity contribution < 1.29 is 19.0 Å². The molecule has 0 aromatic heterocycles. The van der Waals surface area contributed by atoms with Gasteiger partial charge in [0.25, 0.3) is 0 Å².